The van der Waals surface area contributed by atoms with E-state index in [1.54, 1.807) is 31.2 Å². The summed E-state index contributed by atoms with van der Waals surface area (Å²) in [6.45, 7) is 4.99. The van der Waals surface area contributed by atoms with Crippen LogP contribution in [0, 0.1) is 13.8 Å². The average Bonchev–Trinajstić information content (AvgIpc) is 3.24. The molecule has 2 aromatic carbocycles. The molecule has 0 saturated carbocycles. The summed E-state index contributed by atoms with van der Waals surface area (Å²) in [5.74, 6) is -0.573. The molecule has 0 radical (unpaired) electrons. The molecule has 1 aromatic heterocycles. The number of rotatable bonds is 13. The van der Waals surface area contributed by atoms with Gasteiger partial charge in [-0.05, 0) is 43.2 Å². The number of anilines is 2. The molecule has 3 aromatic rings. The topological polar surface area (TPSA) is 172 Å². The van der Waals surface area contributed by atoms with E-state index < -0.39 is 23.9 Å². The third-order valence-corrected chi connectivity index (χ3v) is 5.92. The minimum Gasteiger partial charge on any atom is -0.495 e. The molecule has 212 valence electrons. The van der Waals surface area contributed by atoms with Gasteiger partial charge in [0, 0.05) is 25.5 Å². The van der Waals surface area contributed by atoms with Gasteiger partial charge in [-0.1, -0.05) is 24.3 Å². The van der Waals surface area contributed by atoms with E-state index in [9.17, 15) is 24.3 Å². The fourth-order valence-electron chi connectivity index (χ4n) is 3.93. The molecule has 1 atom stereocenters. The molecule has 0 saturated heterocycles. The van der Waals surface area contributed by atoms with Crippen molar-refractivity contribution in [3.8, 4) is 5.75 Å². The van der Waals surface area contributed by atoms with E-state index in [4.69, 9.17) is 9.15 Å². The number of para-hydroxylation sites is 1. The minimum absolute atomic E-state index is 0.0244. The number of carbonyl (C=O) groups excluding carboxylic acids is 3. The summed E-state index contributed by atoms with van der Waals surface area (Å²) in [5.41, 5.74) is 3.21. The van der Waals surface area contributed by atoms with Gasteiger partial charge in [-0.3, -0.25) is 9.59 Å². The van der Waals surface area contributed by atoms with Gasteiger partial charge in [0.2, 0.25) is 11.8 Å². The van der Waals surface area contributed by atoms with Crippen molar-refractivity contribution in [3.63, 3.8) is 0 Å². The summed E-state index contributed by atoms with van der Waals surface area (Å²) in [5, 5.41) is 20.2. The Hall–Kier alpha value is -4.71. The number of urea groups is 1. The van der Waals surface area contributed by atoms with Crippen LogP contribution in [0.4, 0.5) is 16.2 Å². The average molecular weight is 552 g/mol. The predicted octanol–water partition coefficient (Wildman–Crippen LogP) is 2.98. The van der Waals surface area contributed by atoms with Crippen molar-refractivity contribution in [2.24, 2.45) is 0 Å². The van der Waals surface area contributed by atoms with Crippen LogP contribution in [0.1, 0.15) is 35.4 Å². The van der Waals surface area contributed by atoms with Gasteiger partial charge < -0.3 is 35.5 Å². The van der Waals surface area contributed by atoms with Crippen molar-refractivity contribution in [2.75, 3.05) is 24.3 Å². The largest absolute Gasteiger partial charge is 0.495 e. The number of nitrogens with zero attached hydrogens (tertiary/aromatic N) is 1. The van der Waals surface area contributed by atoms with Crippen molar-refractivity contribution in [3.05, 3.63) is 70.9 Å². The van der Waals surface area contributed by atoms with E-state index >= 15 is 0 Å². The fraction of sp³-hybridized carbons (Fsp3) is 0.321. The molecule has 0 spiro atoms. The standard InChI is InChI=1S/C28H33N5O7/c1-16-7-5-6-8-21(16)32-28(38)33-22-10-9-19(12-25(22)39-4)11-20(35)14-29-15-26-31-23(17(2)40-26)13-24(27(36)37)30-18(3)34/h5-10,12,24,29H,11,13-15H2,1-4H3,(H,30,34)(H,36,37)(H2,32,33,38). The molecule has 0 bridgehead atoms. The molecule has 0 aliphatic carbocycles. The molecule has 3 amide bonds. The van der Waals surface area contributed by atoms with E-state index in [1.165, 1.54) is 14.0 Å². The number of benzene rings is 2. The lowest BCUT2D eigenvalue weighted by atomic mass is 10.1. The Morgan fingerprint density at radius 2 is 1.77 bits per heavy atom. The van der Waals surface area contributed by atoms with Crippen molar-refractivity contribution < 1.29 is 33.4 Å². The van der Waals surface area contributed by atoms with Crippen LogP contribution in [0.15, 0.2) is 46.9 Å². The van der Waals surface area contributed by atoms with E-state index in [1.807, 2.05) is 25.1 Å². The molecule has 0 aliphatic rings. The molecule has 12 nitrogen and oxygen atoms in total. The van der Waals surface area contributed by atoms with E-state index in [-0.39, 0.29) is 31.7 Å². The number of ether oxygens (including phenoxy) is 1. The minimum atomic E-state index is -1.17. The molecule has 1 heterocycles. The number of aliphatic carboxylic acids is 1. The van der Waals surface area contributed by atoms with E-state index in [2.05, 4.69) is 26.3 Å². The van der Waals surface area contributed by atoms with Gasteiger partial charge in [0.05, 0.1) is 31.6 Å². The SMILES string of the molecule is COc1cc(CC(=O)CNCc2nc(CC(NC(C)=O)C(=O)O)c(C)o2)ccc1NC(=O)Nc1ccccc1C. The van der Waals surface area contributed by atoms with Gasteiger partial charge in [0.1, 0.15) is 17.6 Å². The number of aromatic nitrogens is 1. The lowest BCUT2D eigenvalue weighted by Crippen LogP contribution is -2.41. The Labute approximate surface area is 231 Å². The first kappa shape index (κ1) is 29.8. The summed E-state index contributed by atoms with van der Waals surface area (Å²) < 4.78 is 11.0. The second-order valence-corrected chi connectivity index (χ2v) is 9.15. The predicted molar refractivity (Wildman–Crippen MR) is 147 cm³/mol. The maximum Gasteiger partial charge on any atom is 0.326 e. The summed E-state index contributed by atoms with van der Waals surface area (Å²) in [4.78, 5) is 51.9. The van der Waals surface area contributed by atoms with Crippen molar-refractivity contribution in [2.45, 2.75) is 46.2 Å². The zero-order valence-corrected chi connectivity index (χ0v) is 22.8. The second-order valence-electron chi connectivity index (χ2n) is 9.15. The van der Waals surface area contributed by atoms with Crippen molar-refractivity contribution in [1.82, 2.24) is 15.6 Å². The lowest BCUT2D eigenvalue weighted by Gasteiger charge is -2.13. The van der Waals surface area contributed by atoms with Gasteiger partial charge in [-0.25, -0.2) is 14.6 Å². The Morgan fingerprint density at radius 1 is 1.05 bits per heavy atom. The number of methoxy groups -OCH3 is 1. The number of carboxylic acid groups (broad SMARTS) is 1. The Bertz CT molecular complexity index is 1390. The first-order valence-corrected chi connectivity index (χ1v) is 12.5. The number of hydrogen-bond acceptors (Lipinski definition) is 8. The summed E-state index contributed by atoms with van der Waals surface area (Å²) in [6, 6.07) is 11.0. The monoisotopic (exact) mass is 551 g/mol. The fourth-order valence-corrected chi connectivity index (χ4v) is 3.93. The Balaban J connectivity index is 1.51. The normalized spacial score (nSPS) is 11.4. The van der Waals surface area contributed by atoms with Crippen LogP contribution in [-0.4, -0.2) is 53.5 Å². The molecule has 5 N–H and O–H groups in total. The number of aryl methyl sites for hydroxylation is 2. The number of carboxylic acids is 1. The van der Waals surface area contributed by atoms with E-state index in [0.717, 1.165) is 5.56 Å². The maximum absolute atomic E-state index is 12.6. The highest BCUT2D eigenvalue weighted by atomic mass is 16.5. The first-order chi connectivity index (χ1) is 19.0. The number of nitrogens with one attached hydrogen (secondary N) is 4. The third-order valence-electron chi connectivity index (χ3n) is 5.92. The van der Waals surface area contributed by atoms with Crippen LogP contribution in [0.25, 0.3) is 0 Å². The highest BCUT2D eigenvalue weighted by Crippen LogP contribution is 2.26. The van der Waals surface area contributed by atoms with Crippen molar-refractivity contribution in [1.29, 1.82) is 0 Å². The summed E-state index contributed by atoms with van der Waals surface area (Å²) >= 11 is 0. The molecule has 12 heteroatoms. The van der Waals surface area contributed by atoms with Crippen LogP contribution in [-0.2, 0) is 33.8 Å². The maximum atomic E-state index is 12.6. The first-order valence-electron chi connectivity index (χ1n) is 12.5. The highest BCUT2D eigenvalue weighted by Gasteiger charge is 2.22. The Kier molecular flexibility index (Phi) is 10.4. The van der Waals surface area contributed by atoms with E-state index in [0.29, 0.717) is 40.0 Å². The number of Topliss-reactive ketones (excluding diaryl/α,β-unsaturated/α-hetero) is 1. The zero-order chi connectivity index (χ0) is 29.2. The summed E-state index contributed by atoms with van der Waals surface area (Å²) in [7, 11) is 1.48. The number of hydrogen-bond donors (Lipinski definition) is 5. The molecule has 0 aliphatic heterocycles. The summed E-state index contributed by atoms with van der Waals surface area (Å²) in [6.07, 6.45) is 0.106. The van der Waals surface area contributed by atoms with Gasteiger partial charge in [-0.2, -0.15) is 0 Å². The van der Waals surface area contributed by atoms with Crippen LogP contribution in [0.5, 0.6) is 5.75 Å². The lowest BCUT2D eigenvalue weighted by molar-refractivity contribution is -0.141. The number of ketones is 1. The highest BCUT2D eigenvalue weighted by molar-refractivity contribution is 6.01. The Morgan fingerprint density at radius 3 is 2.45 bits per heavy atom. The number of oxazole rings is 1. The number of amides is 3. The van der Waals surface area contributed by atoms with Crippen LogP contribution in [0.3, 0.4) is 0 Å². The second kappa shape index (κ2) is 13.9. The van der Waals surface area contributed by atoms with Crippen LogP contribution >= 0.6 is 0 Å². The molecule has 1 unspecified atom stereocenters. The molecule has 40 heavy (non-hydrogen) atoms. The zero-order valence-electron chi connectivity index (χ0n) is 22.8. The smallest absolute Gasteiger partial charge is 0.326 e. The van der Waals surface area contributed by atoms with Crippen molar-refractivity contribution >= 4 is 35.1 Å². The van der Waals surface area contributed by atoms with Gasteiger partial charge in [-0.15, -0.1) is 0 Å². The van der Waals surface area contributed by atoms with Crippen LogP contribution < -0.4 is 26.0 Å². The van der Waals surface area contributed by atoms with Crippen LogP contribution in [0.2, 0.25) is 0 Å². The molecular formula is C28H33N5O7. The van der Waals surface area contributed by atoms with Gasteiger partial charge in [0.15, 0.2) is 5.78 Å². The quantitative estimate of drug-likeness (QED) is 0.214. The molecular weight excluding hydrogens is 518 g/mol. The van der Waals surface area contributed by atoms with Gasteiger partial charge >= 0.3 is 12.0 Å². The number of carbonyl (C=O) groups is 4. The molecule has 0 fully saturated rings. The molecule has 3 rings (SSSR count). The van der Waals surface area contributed by atoms with Gasteiger partial charge in [0.25, 0.3) is 0 Å². The third kappa shape index (κ3) is 8.67.